The van der Waals surface area contributed by atoms with Crippen molar-refractivity contribution in [3.8, 4) is 0 Å². The van der Waals surface area contributed by atoms with E-state index in [2.05, 4.69) is 0 Å². The molecule has 0 atom stereocenters. The normalized spacial score (nSPS) is 13.9. The van der Waals surface area contributed by atoms with Crippen LogP contribution in [0.1, 0.15) is 0 Å². The van der Waals surface area contributed by atoms with Crippen molar-refractivity contribution in [2.24, 2.45) is 0 Å². The number of hydrogen-bond donors (Lipinski definition) is 4. The molecule has 4 N–H and O–H groups in total. The van der Waals surface area contributed by atoms with Gasteiger partial charge in [-0.15, -0.1) is 0 Å². The summed E-state index contributed by atoms with van der Waals surface area (Å²) in [4.78, 5) is 8.56. The lowest BCUT2D eigenvalue weighted by Gasteiger charge is -2.30. The third kappa shape index (κ3) is 7.59. The molecule has 5 nitrogen and oxygen atoms in total. The van der Waals surface area contributed by atoms with Gasteiger partial charge >= 0.3 is 54.5 Å². The summed E-state index contributed by atoms with van der Waals surface area (Å²) in [5.74, 6) is -36.2. The van der Waals surface area contributed by atoms with Gasteiger partial charge in [0.1, 0.15) is 13.2 Å². The zero-order valence-corrected chi connectivity index (χ0v) is 14.3. The predicted molar refractivity (Wildman–Crippen MR) is 66.5 cm³/mol. The van der Waals surface area contributed by atoms with Crippen molar-refractivity contribution >= 4 is 6.16 Å². The summed E-state index contributed by atoms with van der Waals surface area (Å²) in [6.45, 7) is -5.30. The van der Waals surface area contributed by atoms with Crippen molar-refractivity contribution in [2.75, 3.05) is 13.2 Å². The maximum atomic E-state index is 12.1. The minimum absolute atomic E-state index is 1.83. The van der Waals surface area contributed by atoms with Gasteiger partial charge in [0.2, 0.25) is 0 Å². The highest BCUT2D eigenvalue weighted by atomic mass is 19.4. The zero-order chi connectivity index (χ0) is 27.1. The first-order chi connectivity index (χ1) is 13.7. The molecular weight excluding hydrogens is 516 g/mol. The maximum absolute atomic E-state index is 12.1. The fourth-order valence-electron chi connectivity index (χ4n) is 0.960. The minimum atomic E-state index is -6.30. The van der Waals surface area contributed by atoms with Gasteiger partial charge in [0.15, 0.2) is 0 Å². The Morgan fingerprint density at radius 3 is 0.812 bits per heavy atom. The third-order valence-corrected chi connectivity index (χ3v) is 2.70. The van der Waals surface area contributed by atoms with Gasteiger partial charge in [-0.25, -0.2) is 22.4 Å². The van der Waals surface area contributed by atoms with Crippen molar-refractivity contribution in [1.29, 1.82) is 0 Å². The summed E-state index contributed by atoms with van der Waals surface area (Å²) in [5.41, 5.74) is 0. The second kappa shape index (κ2) is 11.3. The first-order valence-electron chi connectivity index (χ1n) is 6.71. The summed E-state index contributed by atoms with van der Waals surface area (Å²) in [5, 5.41) is 29.3. The molecule has 0 spiro atoms. The Bertz CT molecular complexity index is 531. The fraction of sp³-hybridized carbons (Fsp3) is 0.909. The van der Waals surface area contributed by atoms with Crippen LogP contribution < -0.4 is 0 Å². The van der Waals surface area contributed by atoms with Crippen LogP contribution in [0, 0.1) is 0 Å². The summed E-state index contributed by atoms with van der Waals surface area (Å²) in [7, 11) is 0. The van der Waals surface area contributed by atoms with E-state index < -0.39 is 67.8 Å². The summed E-state index contributed by atoms with van der Waals surface area (Å²) < 4.78 is 189. The van der Waals surface area contributed by atoms with Crippen molar-refractivity contribution in [3.63, 3.8) is 0 Å². The van der Waals surface area contributed by atoms with Crippen LogP contribution in [0.15, 0.2) is 0 Å². The van der Waals surface area contributed by atoms with Gasteiger partial charge in [-0.3, -0.25) is 0 Å². The smallest absolute Gasteiger partial charge is 0.450 e. The van der Waals surface area contributed by atoms with E-state index in [0.717, 1.165) is 0 Å². The molecule has 0 aliphatic rings. The molecule has 0 aliphatic heterocycles. The van der Waals surface area contributed by atoms with Crippen LogP contribution in [0.25, 0.3) is 0 Å². The van der Waals surface area contributed by atoms with Crippen LogP contribution in [0.4, 0.5) is 75.0 Å². The molecule has 0 aromatic heterocycles. The van der Waals surface area contributed by atoms with Gasteiger partial charge in [0, 0.05) is 0 Å². The monoisotopic (exact) mass is 526 g/mol. The maximum Gasteiger partial charge on any atom is 0.503 e. The Labute approximate surface area is 164 Å². The lowest BCUT2D eigenvalue weighted by atomic mass is 10.1. The SMILES string of the molecule is O=C(O)O.OCC(F)(F)C(F)(F)C(F)(F)C(F)F.OCC(F)(F)C(F)(F)C(F)(F)C(F)F. The number of aliphatic hydroxyl groups is 2. The molecule has 0 radical (unpaired) electrons. The van der Waals surface area contributed by atoms with Crippen molar-refractivity contribution in [2.45, 2.75) is 48.4 Å². The molecule has 0 saturated carbocycles. The largest absolute Gasteiger partial charge is 0.503 e. The molecule has 0 aromatic rings. The Kier molecular flexibility index (Phi) is 12.2. The molecule has 0 rings (SSSR count). The molecule has 0 saturated heterocycles. The van der Waals surface area contributed by atoms with Gasteiger partial charge in [-0.05, 0) is 0 Å². The van der Waals surface area contributed by atoms with Gasteiger partial charge in [-0.1, -0.05) is 0 Å². The molecule has 0 fully saturated rings. The summed E-state index contributed by atoms with van der Waals surface area (Å²) in [6, 6.07) is 0. The third-order valence-electron chi connectivity index (χ3n) is 2.70. The number of carboxylic acid groups (broad SMARTS) is 2. The van der Waals surface area contributed by atoms with E-state index in [4.69, 9.17) is 25.2 Å². The van der Waals surface area contributed by atoms with Crippen LogP contribution in [0.5, 0.6) is 0 Å². The first-order valence-corrected chi connectivity index (χ1v) is 6.71. The number of halogens is 16. The number of aliphatic hydroxyl groups excluding tert-OH is 2. The van der Waals surface area contributed by atoms with Crippen molar-refractivity contribution in [1.82, 2.24) is 0 Å². The van der Waals surface area contributed by atoms with E-state index in [1.165, 1.54) is 0 Å². The highest BCUT2D eigenvalue weighted by molar-refractivity contribution is 5.53. The topological polar surface area (TPSA) is 98.0 Å². The Morgan fingerprint density at radius 1 is 0.562 bits per heavy atom. The van der Waals surface area contributed by atoms with E-state index in [1.807, 2.05) is 0 Å². The van der Waals surface area contributed by atoms with Crippen LogP contribution in [0.2, 0.25) is 0 Å². The Balaban J connectivity index is -0.000000450. The molecule has 0 amide bonds. The second-order valence-corrected chi connectivity index (χ2v) is 5.00. The summed E-state index contributed by atoms with van der Waals surface area (Å²) >= 11 is 0. The number of carbonyl (C=O) groups is 1. The first kappa shape index (κ1) is 34.7. The second-order valence-electron chi connectivity index (χ2n) is 5.00. The van der Waals surface area contributed by atoms with Crippen LogP contribution in [-0.4, -0.2) is 88.2 Å². The molecule has 32 heavy (non-hydrogen) atoms. The summed E-state index contributed by atoms with van der Waals surface area (Å²) in [6.07, 6.45) is -11.7. The van der Waals surface area contributed by atoms with E-state index in [-0.39, 0.29) is 0 Å². The van der Waals surface area contributed by atoms with Crippen LogP contribution >= 0.6 is 0 Å². The van der Waals surface area contributed by atoms with E-state index in [9.17, 15) is 70.2 Å². The number of hydrogen-bond acceptors (Lipinski definition) is 3. The van der Waals surface area contributed by atoms with Crippen molar-refractivity contribution < 1.29 is 95.5 Å². The minimum Gasteiger partial charge on any atom is -0.450 e. The van der Waals surface area contributed by atoms with Crippen LogP contribution in [-0.2, 0) is 0 Å². The van der Waals surface area contributed by atoms with Crippen molar-refractivity contribution in [3.05, 3.63) is 0 Å². The molecular formula is C11H10F16O5. The molecule has 21 heteroatoms. The molecule has 196 valence electrons. The lowest BCUT2D eigenvalue weighted by Crippen LogP contribution is -2.58. The van der Waals surface area contributed by atoms with Crippen LogP contribution in [0.3, 0.4) is 0 Å². The molecule has 0 heterocycles. The van der Waals surface area contributed by atoms with Gasteiger partial charge in [0.25, 0.3) is 0 Å². The standard InChI is InChI=1S/2C5H4F8O.CH2O3/c2*6-2(7)4(10,11)5(12,13)3(8,9)1-14;2-1(3)4/h2*2,14H,1H2;(H2,2,3,4). The van der Waals surface area contributed by atoms with E-state index in [0.29, 0.717) is 0 Å². The average molecular weight is 526 g/mol. The molecule has 0 unspecified atom stereocenters. The fourth-order valence-corrected chi connectivity index (χ4v) is 0.960. The quantitative estimate of drug-likeness (QED) is 0.349. The van der Waals surface area contributed by atoms with Gasteiger partial charge in [-0.2, -0.15) is 52.7 Å². The Morgan fingerprint density at radius 2 is 0.719 bits per heavy atom. The lowest BCUT2D eigenvalue weighted by molar-refractivity contribution is -0.343. The van der Waals surface area contributed by atoms with E-state index in [1.54, 1.807) is 0 Å². The highest BCUT2D eigenvalue weighted by Gasteiger charge is 2.76. The predicted octanol–water partition coefficient (Wildman–Crippen LogP) is 4.52. The number of alkyl halides is 16. The van der Waals surface area contributed by atoms with Gasteiger partial charge in [0.05, 0.1) is 0 Å². The number of rotatable bonds is 8. The average Bonchev–Trinajstić information content (AvgIpc) is 2.60. The van der Waals surface area contributed by atoms with Gasteiger partial charge < -0.3 is 20.4 Å². The highest BCUT2D eigenvalue weighted by Crippen LogP contribution is 2.49. The molecule has 0 bridgehead atoms. The zero-order valence-electron chi connectivity index (χ0n) is 14.3. The molecule has 0 aromatic carbocycles. The molecule has 0 aliphatic carbocycles. The van der Waals surface area contributed by atoms with E-state index >= 15 is 0 Å². The Hall–Kier alpha value is -1.93.